The van der Waals surface area contributed by atoms with E-state index in [0.717, 1.165) is 24.0 Å². The molecule has 1 atom stereocenters. The Morgan fingerprint density at radius 2 is 1.81 bits per heavy atom. The van der Waals surface area contributed by atoms with Crippen molar-refractivity contribution in [3.05, 3.63) is 35.4 Å². The number of aryl methyl sites for hydroxylation is 1. The molecule has 0 aliphatic heterocycles. The Morgan fingerprint density at radius 1 is 1.25 bits per heavy atom. The normalized spacial score (nSPS) is 13.8. The van der Waals surface area contributed by atoms with Crippen molar-refractivity contribution in [1.82, 2.24) is 0 Å². The summed E-state index contributed by atoms with van der Waals surface area (Å²) in [6, 6.07) is 7.93. The van der Waals surface area contributed by atoms with Crippen LogP contribution < -0.4 is 0 Å². The molecule has 1 unspecified atom stereocenters. The van der Waals surface area contributed by atoms with Crippen molar-refractivity contribution >= 4 is 0 Å². The summed E-state index contributed by atoms with van der Waals surface area (Å²) in [4.78, 5) is 0. The molecule has 0 aromatic heterocycles. The molecule has 0 amide bonds. The van der Waals surface area contributed by atoms with Crippen LogP contribution in [-0.4, -0.2) is 17.8 Å². The first kappa shape index (κ1) is 13.2. The van der Waals surface area contributed by atoms with Gasteiger partial charge in [-0.1, -0.05) is 38.1 Å². The van der Waals surface area contributed by atoms with Gasteiger partial charge in [0.1, 0.15) is 6.10 Å². The maximum atomic E-state index is 10.5. The summed E-state index contributed by atoms with van der Waals surface area (Å²) in [5, 5.41) is 10.5. The molecular weight excluding hydrogens is 200 g/mol. The second kappa shape index (κ2) is 5.46. The summed E-state index contributed by atoms with van der Waals surface area (Å²) >= 11 is 0. The van der Waals surface area contributed by atoms with Crippen molar-refractivity contribution in [2.24, 2.45) is 0 Å². The third kappa shape index (κ3) is 2.28. The minimum absolute atomic E-state index is 0.466. The van der Waals surface area contributed by atoms with Crippen LogP contribution in [0, 0.1) is 6.92 Å². The van der Waals surface area contributed by atoms with Gasteiger partial charge in [0, 0.05) is 7.11 Å². The molecule has 2 heteroatoms. The summed E-state index contributed by atoms with van der Waals surface area (Å²) in [5.41, 5.74) is 1.61. The number of benzene rings is 1. The molecule has 90 valence electrons. The van der Waals surface area contributed by atoms with Gasteiger partial charge in [0.05, 0.1) is 5.60 Å². The van der Waals surface area contributed by atoms with Crippen LogP contribution in [0.2, 0.25) is 0 Å². The van der Waals surface area contributed by atoms with Crippen molar-refractivity contribution in [2.75, 3.05) is 7.11 Å². The lowest BCUT2D eigenvalue weighted by atomic mass is 9.84. The molecule has 1 rings (SSSR count). The van der Waals surface area contributed by atoms with Crippen molar-refractivity contribution < 1.29 is 9.84 Å². The first-order chi connectivity index (χ1) is 7.61. The van der Waals surface area contributed by atoms with Gasteiger partial charge in [-0.05, 0) is 30.9 Å². The van der Waals surface area contributed by atoms with E-state index in [1.807, 2.05) is 31.2 Å². The molecule has 2 nitrogen and oxygen atoms in total. The smallest absolute Gasteiger partial charge is 0.108 e. The Balaban J connectivity index is 3.08. The third-order valence-corrected chi connectivity index (χ3v) is 3.58. The number of aliphatic hydroxyl groups is 1. The van der Waals surface area contributed by atoms with Crippen LogP contribution in [0.4, 0.5) is 0 Å². The average molecular weight is 222 g/mol. The van der Waals surface area contributed by atoms with Gasteiger partial charge in [-0.2, -0.15) is 0 Å². The van der Waals surface area contributed by atoms with Gasteiger partial charge in [-0.25, -0.2) is 0 Å². The van der Waals surface area contributed by atoms with Crippen LogP contribution in [0.3, 0.4) is 0 Å². The molecule has 0 fully saturated rings. The SMILES string of the molecule is CCC(CC)(OC)C(O)c1ccccc1C. The van der Waals surface area contributed by atoms with E-state index in [9.17, 15) is 5.11 Å². The minimum atomic E-state index is -0.561. The quantitative estimate of drug-likeness (QED) is 0.828. The van der Waals surface area contributed by atoms with Crippen molar-refractivity contribution in [1.29, 1.82) is 0 Å². The second-order valence-electron chi connectivity index (χ2n) is 4.24. The number of hydrogen-bond acceptors (Lipinski definition) is 2. The van der Waals surface area contributed by atoms with Crippen molar-refractivity contribution in [3.63, 3.8) is 0 Å². The summed E-state index contributed by atoms with van der Waals surface area (Å²) < 4.78 is 5.56. The lowest BCUT2D eigenvalue weighted by Crippen LogP contribution is -2.37. The van der Waals surface area contributed by atoms with E-state index in [0.29, 0.717) is 0 Å². The van der Waals surface area contributed by atoms with Crippen LogP contribution in [0.5, 0.6) is 0 Å². The van der Waals surface area contributed by atoms with Crippen molar-refractivity contribution in [2.45, 2.75) is 45.3 Å². The summed E-state index contributed by atoms with van der Waals surface area (Å²) in [6.45, 7) is 6.12. The number of aliphatic hydroxyl groups excluding tert-OH is 1. The molecule has 1 aromatic carbocycles. The Hall–Kier alpha value is -0.860. The Labute approximate surface area is 98.3 Å². The minimum Gasteiger partial charge on any atom is -0.385 e. The van der Waals surface area contributed by atoms with Gasteiger partial charge in [0.2, 0.25) is 0 Å². The maximum Gasteiger partial charge on any atom is 0.108 e. The van der Waals surface area contributed by atoms with E-state index < -0.39 is 11.7 Å². The monoisotopic (exact) mass is 222 g/mol. The Morgan fingerprint density at radius 3 is 2.25 bits per heavy atom. The Bertz CT molecular complexity index is 321. The van der Waals surface area contributed by atoms with E-state index in [1.165, 1.54) is 0 Å². The highest BCUT2D eigenvalue weighted by Crippen LogP contribution is 2.35. The zero-order valence-electron chi connectivity index (χ0n) is 10.7. The van der Waals surface area contributed by atoms with E-state index in [2.05, 4.69) is 13.8 Å². The van der Waals surface area contributed by atoms with E-state index >= 15 is 0 Å². The molecule has 16 heavy (non-hydrogen) atoms. The van der Waals surface area contributed by atoms with Gasteiger partial charge in [-0.15, -0.1) is 0 Å². The number of hydrogen-bond donors (Lipinski definition) is 1. The molecule has 0 aliphatic carbocycles. The van der Waals surface area contributed by atoms with Crippen molar-refractivity contribution in [3.8, 4) is 0 Å². The summed E-state index contributed by atoms with van der Waals surface area (Å²) in [5.74, 6) is 0. The zero-order valence-corrected chi connectivity index (χ0v) is 10.7. The molecule has 1 aromatic rings. The molecular formula is C14H22O2. The number of methoxy groups -OCH3 is 1. The first-order valence-corrected chi connectivity index (χ1v) is 5.90. The van der Waals surface area contributed by atoms with Gasteiger partial charge in [0.25, 0.3) is 0 Å². The lowest BCUT2D eigenvalue weighted by molar-refractivity contribution is -0.110. The average Bonchev–Trinajstić information content (AvgIpc) is 2.32. The standard InChI is InChI=1S/C14H22O2/c1-5-14(6-2,16-4)13(15)12-10-8-7-9-11(12)3/h7-10,13,15H,5-6H2,1-4H3. The predicted molar refractivity (Wildman–Crippen MR) is 66.5 cm³/mol. The number of ether oxygens (including phenoxy) is 1. The fourth-order valence-corrected chi connectivity index (χ4v) is 2.21. The maximum absolute atomic E-state index is 10.5. The van der Waals surface area contributed by atoms with Crippen LogP contribution in [0.1, 0.15) is 43.9 Å². The lowest BCUT2D eigenvalue weighted by Gasteiger charge is -2.36. The number of rotatable bonds is 5. The molecule has 1 N–H and O–H groups in total. The van der Waals surface area contributed by atoms with E-state index in [-0.39, 0.29) is 0 Å². The van der Waals surface area contributed by atoms with Gasteiger partial charge in [0.15, 0.2) is 0 Å². The van der Waals surface area contributed by atoms with Crippen LogP contribution in [0.15, 0.2) is 24.3 Å². The molecule has 0 spiro atoms. The van der Waals surface area contributed by atoms with Gasteiger partial charge >= 0.3 is 0 Å². The second-order valence-corrected chi connectivity index (χ2v) is 4.24. The van der Waals surface area contributed by atoms with Crippen LogP contribution in [0.25, 0.3) is 0 Å². The van der Waals surface area contributed by atoms with E-state index in [4.69, 9.17) is 4.74 Å². The van der Waals surface area contributed by atoms with Gasteiger partial charge < -0.3 is 9.84 Å². The largest absolute Gasteiger partial charge is 0.385 e. The summed E-state index contributed by atoms with van der Waals surface area (Å²) in [7, 11) is 1.68. The predicted octanol–water partition coefficient (Wildman–Crippen LogP) is 3.23. The molecule has 0 radical (unpaired) electrons. The molecule has 0 saturated heterocycles. The third-order valence-electron chi connectivity index (χ3n) is 3.58. The highest BCUT2D eigenvalue weighted by atomic mass is 16.5. The van der Waals surface area contributed by atoms with E-state index in [1.54, 1.807) is 7.11 Å². The summed E-state index contributed by atoms with van der Waals surface area (Å²) in [6.07, 6.45) is 1.04. The molecule has 0 heterocycles. The molecule has 0 saturated carbocycles. The first-order valence-electron chi connectivity index (χ1n) is 5.90. The molecule has 0 aliphatic rings. The van der Waals surface area contributed by atoms with Crippen LogP contribution >= 0.6 is 0 Å². The Kier molecular flexibility index (Phi) is 4.51. The van der Waals surface area contributed by atoms with Gasteiger partial charge in [-0.3, -0.25) is 0 Å². The fraction of sp³-hybridized carbons (Fsp3) is 0.571. The topological polar surface area (TPSA) is 29.5 Å². The highest BCUT2D eigenvalue weighted by molar-refractivity contribution is 5.29. The zero-order chi connectivity index (χ0) is 12.2. The molecule has 0 bridgehead atoms. The van der Waals surface area contributed by atoms with Crippen LogP contribution in [-0.2, 0) is 4.74 Å². The fourth-order valence-electron chi connectivity index (χ4n) is 2.21. The highest BCUT2D eigenvalue weighted by Gasteiger charge is 2.36.